The van der Waals surface area contributed by atoms with Crippen molar-refractivity contribution in [1.29, 1.82) is 0 Å². The number of anilines is 2. The summed E-state index contributed by atoms with van der Waals surface area (Å²) in [4.78, 5) is 0. The molecule has 0 fully saturated rings. The molecule has 0 amide bonds. The molecule has 9 aromatic carbocycles. The quantitative estimate of drug-likeness (QED) is 0.172. The number of nitrogens with zero attached hydrogens (tertiary/aromatic N) is 1. The Labute approximate surface area is 335 Å². The molecule has 11 aromatic rings. The molecule has 11 rings (SSSR count). The van der Waals surface area contributed by atoms with Crippen LogP contribution in [-0.2, 0) is 0 Å². The Morgan fingerprint density at radius 1 is 0.368 bits per heavy atom. The number of nitrogens with one attached hydrogen (secondary N) is 1. The van der Waals surface area contributed by atoms with Gasteiger partial charge in [0.2, 0.25) is 0 Å². The largest absolute Gasteiger partial charge is 0.355 e. The second-order valence-electron chi connectivity index (χ2n) is 14.6. The lowest BCUT2D eigenvalue weighted by atomic mass is 9.96. The summed E-state index contributed by atoms with van der Waals surface area (Å²) in [5.41, 5.74) is 15.2. The Bertz CT molecular complexity index is 3250. The zero-order valence-corrected chi connectivity index (χ0v) is 31.9. The zero-order chi connectivity index (χ0) is 37.7. The lowest BCUT2D eigenvalue weighted by Gasteiger charge is -2.16. The topological polar surface area (TPSA) is 17.0 Å². The molecule has 0 atom stereocenters. The highest BCUT2D eigenvalue weighted by Gasteiger charge is 2.20. The molecule has 268 valence electrons. The summed E-state index contributed by atoms with van der Waals surface area (Å²) in [7, 11) is 0. The number of hydrogen-bond acceptors (Lipinski definition) is 2. The predicted octanol–water partition coefficient (Wildman–Crippen LogP) is 15.6. The standard InChI is InChI=1S/C54H36N2S/c1-4-14-36(15-5-1)39-20-12-22-43(32-39)55-49-29-26-41(34-47(49)38-18-8-3-9-19-38)42-27-30-50-48(35-42)45-28-31-52-53(46-24-10-11-25-51(46)57-52)54(45)56(50)44-23-13-21-40(33-44)37-16-6-2-7-17-37/h1-35,55H. The first kappa shape index (κ1) is 33.2. The summed E-state index contributed by atoms with van der Waals surface area (Å²) in [5, 5.41) is 8.89. The third kappa shape index (κ3) is 5.88. The molecule has 2 aromatic heterocycles. The molecule has 0 saturated heterocycles. The van der Waals surface area contributed by atoms with E-state index in [0.717, 1.165) is 22.6 Å². The van der Waals surface area contributed by atoms with Gasteiger partial charge in [0.05, 0.1) is 11.0 Å². The molecule has 0 unspecified atom stereocenters. The molecule has 1 N–H and O–H groups in total. The second-order valence-corrected chi connectivity index (χ2v) is 15.7. The SMILES string of the molecule is c1ccc(-c2cccc(Nc3ccc(-c4ccc5c(c4)c4ccc6sc7ccccc7c6c4n5-c4cccc(-c5ccccc5)c4)cc3-c3ccccc3)c2)cc1. The van der Waals surface area contributed by atoms with E-state index in [1.807, 2.05) is 11.3 Å². The van der Waals surface area contributed by atoms with Crippen molar-refractivity contribution in [2.24, 2.45) is 0 Å². The van der Waals surface area contributed by atoms with Gasteiger partial charge in [-0.05, 0) is 99.6 Å². The molecule has 0 aliphatic rings. The molecule has 2 heterocycles. The summed E-state index contributed by atoms with van der Waals surface area (Å²) in [6.07, 6.45) is 0. The zero-order valence-electron chi connectivity index (χ0n) is 31.1. The monoisotopic (exact) mass is 744 g/mol. The van der Waals surface area contributed by atoms with Crippen LogP contribution in [0.5, 0.6) is 0 Å². The van der Waals surface area contributed by atoms with Crippen LogP contribution in [0.25, 0.3) is 92.2 Å². The first-order valence-electron chi connectivity index (χ1n) is 19.4. The van der Waals surface area contributed by atoms with Gasteiger partial charge < -0.3 is 9.88 Å². The molecular formula is C54H36N2S. The molecule has 0 aliphatic heterocycles. The average Bonchev–Trinajstić information content (AvgIpc) is 3.83. The van der Waals surface area contributed by atoms with Gasteiger partial charge in [0.15, 0.2) is 0 Å². The van der Waals surface area contributed by atoms with Gasteiger partial charge in [-0.25, -0.2) is 0 Å². The number of aromatic nitrogens is 1. The fourth-order valence-corrected chi connectivity index (χ4v) is 9.58. The minimum absolute atomic E-state index is 1.05. The summed E-state index contributed by atoms with van der Waals surface area (Å²) >= 11 is 1.87. The van der Waals surface area contributed by atoms with Crippen molar-refractivity contribution in [1.82, 2.24) is 4.57 Å². The van der Waals surface area contributed by atoms with Crippen LogP contribution in [0, 0.1) is 0 Å². The Kier molecular flexibility index (Phi) is 8.04. The van der Waals surface area contributed by atoms with Gasteiger partial charge in [-0.2, -0.15) is 0 Å². The van der Waals surface area contributed by atoms with Gasteiger partial charge in [-0.1, -0.05) is 152 Å². The van der Waals surface area contributed by atoms with E-state index >= 15 is 0 Å². The van der Waals surface area contributed by atoms with Gasteiger partial charge in [0.25, 0.3) is 0 Å². The Hall–Kier alpha value is -7.20. The van der Waals surface area contributed by atoms with Gasteiger partial charge in [-0.3, -0.25) is 0 Å². The van der Waals surface area contributed by atoms with Crippen molar-refractivity contribution >= 4 is 64.7 Å². The molecule has 0 radical (unpaired) electrons. The van der Waals surface area contributed by atoms with E-state index < -0.39 is 0 Å². The maximum absolute atomic E-state index is 3.78. The molecule has 0 spiro atoms. The smallest absolute Gasteiger partial charge is 0.0634 e. The van der Waals surface area contributed by atoms with Crippen molar-refractivity contribution in [2.45, 2.75) is 0 Å². The van der Waals surface area contributed by atoms with Crippen molar-refractivity contribution < 1.29 is 0 Å². The van der Waals surface area contributed by atoms with Crippen molar-refractivity contribution in [3.63, 3.8) is 0 Å². The number of benzene rings is 9. The van der Waals surface area contributed by atoms with E-state index in [1.165, 1.54) is 80.9 Å². The van der Waals surface area contributed by atoms with Crippen LogP contribution in [0.2, 0.25) is 0 Å². The first-order chi connectivity index (χ1) is 28.2. The number of rotatable bonds is 7. The maximum atomic E-state index is 3.78. The summed E-state index contributed by atoms with van der Waals surface area (Å²) in [5.74, 6) is 0. The fourth-order valence-electron chi connectivity index (χ4n) is 8.47. The Morgan fingerprint density at radius 2 is 0.982 bits per heavy atom. The molecule has 0 bridgehead atoms. The van der Waals surface area contributed by atoms with Crippen molar-refractivity contribution in [2.75, 3.05) is 5.32 Å². The van der Waals surface area contributed by atoms with Gasteiger partial charge in [0.1, 0.15) is 0 Å². The fraction of sp³-hybridized carbons (Fsp3) is 0. The third-order valence-corrected chi connectivity index (χ3v) is 12.3. The molecule has 3 heteroatoms. The van der Waals surface area contributed by atoms with Crippen LogP contribution < -0.4 is 5.32 Å². The molecule has 0 saturated carbocycles. The second kappa shape index (κ2) is 13.8. The molecule has 57 heavy (non-hydrogen) atoms. The molecule has 0 aliphatic carbocycles. The van der Waals surface area contributed by atoms with Crippen LogP contribution >= 0.6 is 11.3 Å². The first-order valence-corrected chi connectivity index (χ1v) is 20.2. The van der Waals surface area contributed by atoms with E-state index in [1.54, 1.807) is 0 Å². The minimum Gasteiger partial charge on any atom is -0.355 e. The minimum atomic E-state index is 1.05. The van der Waals surface area contributed by atoms with E-state index in [2.05, 4.69) is 222 Å². The van der Waals surface area contributed by atoms with Crippen molar-refractivity contribution in [3.05, 3.63) is 212 Å². The van der Waals surface area contributed by atoms with Crippen LogP contribution in [-0.4, -0.2) is 4.57 Å². The van der Waals surface area contributed by atoms with Crippen LogP contribution in [0.4, 0.5) is 11.4 Å². The highest BCUT2D eigenvalue weighted by atomic mass is 32.1. The lowest BCUT2D eigenvalue weighted by molar-refractivity contribution is 1.19. The highest BCUT2D eigenvalue weighted by molar-refractivity contribution is 7.26. The number of hydrogen-bond donors (Lipinski definition) is 1. The maximum Gasteiger partial charge on any atom is 0.0634 e. The average molecular weight is 745 g/mol. The summed E-state index contributed by atoms with van der Waals surface area (Å²) in [6.45, 7) is 0. The van der Waals surface area contributed by atoms with Crippen LogP contribution in [0.1, 0.15) is 0 Å². The van der Waals surface area contributed by atoms with Gasteiger partial charge in [-0.15, -0.1) is 11.3 Å². The van der Waals surface area contributed by atoms with E-state index in [4.69, 9.17) is 0 Å². The third-order valence-electron chi connectivity index (χ3n) is 11.2. The lowest BCUT2D eigenvalue weighted by Crippen LogP contribution is -1.95. The normalized spacial score (nSPS) is 11.5. The molecular weight excluding hydrogens is 709 g/mol. The van der Waals surface area contributed by atoms with Gasteiger partial charge >= 0.3 is 0 Å². The van der Waals surface area contributed by atoms with E-state index in [0.29, 0.717) is 0 Å². The Balaban J connectivity index is 1.09. The summed E-state index contributed by atoms with van der Waals surface area (Å²) in [6, 6.07) is 76.9. The van der Waals surface area contributed by atoms with Crippen molar-refractivity contribution in [3.8, 4) is 50.2 Å². The van der Waals surface area contributed by atoms with E-state index in [-0.39, 0.29) is 0 Å². The van der Waals surface area contributed by atoms with Crippen LogP contribution in [0.3, 0.4) is 0 Å². The highest BCUT2D eigenvalue weighted by Crippen LogP contribution is 2.45. The van der Waals surface area contributed by atoms with Gasteiger partial charge in [0, 0.05) is 53.6 Å². The molecule has 2 nitrogen and oxygen atoms in total. The number of thiophene rings is 1. The van der Waals surface area contributed by atoms with Crippen LogP contribution in [0.15, 0.2) is 212 Å². The Morgan fingerprint density at radius 3 is 1.75 bits per heavy atom. The summed E-state index contributed by atoms with van der Waals surface area (Å²) < 4.78 is 5.11. The number of fused-ring (bicyclic) bond motifs is 7. The van der Waals surface area contributed by atoms with E-state index in [9.17, 15) is 0 Å². The predicted molar refractivity (Wildman–Crippen MR) is 245 cm³/mol.